The van der Waals surface area contributed by atoms with Gasteiger partial charge in [0.1, 0.15) is 6.42 Å². The fraction of sp³-hybridized carbons (Fsp3) is 0.556. The van der Waals surface area contributed by atoms with Gasteiger partial charge in [0, 0.05) is 18.8 Å². The normalized spacial score (nSPS) is 18.1. The number of nitrogens with zero attached hydrogens (tertiary/aromatic N) is 1. The summed E-state index contributed by atoms with van der Waals surface area (Å²) in [6.45, 7) is 7.74. The van der Waals surface area contributed by atoms with Crippen LogP contribution >= 0.6 is 0 Å². The average Bonchev–Trinajstić information content (AvgIpc) is 2.49. The molecule has 0 saturated carbocycles. The van der Waals surface area contributed by atoms with E-state index in [0.717, 1.165) is 42.7 Å². The summed E-state index contributed by atoms with van der Waals surface area (Å²) < 4.78 is 0. The van der Waals surface area contributed by atoms with E-state index in [1.54, 1.807) is 0 Å². The maximum Gasteiger partial charge on any atom is 0.233 e. The van der Waals surface area contributed by atoms with Gasteiger partial charge in [-0.25, -0.2) is 0 Å². The third-order valence-electron chi connectivity index (χ3n) is 4.33. The maximum absolute atomic E-state index is 12.2. The minimum absolute atomic E-state index is 0.0596. The molecular weight excluding hydrogens is 276 g/mol. The van der Waals surface area contributed by atoms with Crippen LogP contribution in [0.5, 0.6) is 0 Å². The Morgan fingerprint density at radius 3 is 2.82 bits per heavy atom. The lowest BCUT2D eigenvalue weighted by Crippen LogP contribution is -2.40. The monoisotopic (exact) mass is 302 g/mol. The summed E-state index contributed by atoms with van der Waals surface area (Å²) in [7, 11) is 0. The van der Waals surface area contributed by atoms with Crippen LogP contribution in [-0.4, -0.2) is 29.8 Å². The molecule has 1 aromatic rings. The zero-order chi connectivity index (χ0) is 16.1. The Morgan fingerprint density at radius 2 is 2.14 bits per heavy atom. The van der Waals surface area contributed by atoms with Crippen LogP contribution < -0.4 is 5.32 Å². The van der Waals surface area contributed by atoms with Gasteiger partial charge < -0.3 is 10.2 Å². The van der Waals surface area contributed by atoms with Crippen molar-refractivity contribution in [3.63, 3.8) is 0 Å². The molecule has 1 N–H and O–H groups in total. The van der Waals surface area contributed by atoms with Gasteiger partial charge in [0.05, 0.1) is 0 Å². The van der Waals surface area contributed by atoms with Crippen molar-refractivity contribution in [1.82, 2.24) is 4.90 Å². The molecule has 2 rings (SSSR count). The van der Waals surface area contributed by atoms with Crippen molar-refractivity contribution >= 4 is 17.5 Å². The van der Waals surface area contributed by atoms with Crippen LogP contribution in [0.2, 0.25) is 0 Å². The van der Waals surface area contributed by atoms with Gasteiger partial charge in [-0.2, -0.15) is 0 Å². The van der Waals surface area contributed by atoms with Gasteiger partial charge in [-0.3, -0.25) is 9.59 Å². The van der Waals surface area contributed by atoms with Crippen LogP contribution in [0.15, 0.2) is 18.2 Å². The molecule has 0 bridgehead atoms. The van der Waals surface area contributed by atoms with E-state index in [4.69, 9.17) is 0 Å². The van der Waals surface area contributed by atoms with E-state index in [0.29, 0.717) is 5.92 Å². The Hall–Kier alpha value is -1.84. The summed E-state index contributed by atoms with van der Waals surface area (Å²) in [6, 6.07) is 5.98. The lowest BCUT2D eigenvalue weighted by atomic mass is 10.00. The van der Waals surface area contributed by atoms with Gasteiger partial charge >= 0.3 is 0 Å². The molecule has 0 aliphatic carbocycles. The number of piperidine rings is 1. The number of carbonyl (C=O) groups excluding carboxylic acids is 2. The lowest BCUT2D eigenvalue weighted by Gasteiger charge is -2.30. The standard InChI is InChI=1S/C18H26N2O2/c1-4-15-9-5-8-14(3)18(15)19-16(21)11-17(22)20-10-6-7-13(2)12-20/h5,8-9,13H,4,6-7,10-12H2,1-3H3,(H,19,21). The molecule has 4 heteroatoms. The van der Waals surface area contributed by atoms with Crippen molar-refractivity contribution in [3.8, 4) is 0 Å². The third-order valence-corrected chi connectivity index (χ3v) is 4.33. The highest BCUT2D eigenvalue weighted by Crippen LogP contribution is 2.21. The number of hydrogen-bond acceptors (Lipinski definition) is 2. The first-order chi connectivity index (χ1) is 10.5. The highest BCUT2D eigenvalue weighted by atomic mass is 16.2. The first-order valence-corrected chi connectivity index (χ1v) is 8.17. The topological polar surface area (TPSA) is 49.4 Å². The molecule has 1 saturated heterocycles. The Labute approximate surface area is 132 Å². The molecule has 120 valence electrons. The number of likely N-dealkylation sites (tertiary alicyclic amines) is 1. The van der Waals surface area contributed by atoms with E-state index >= 15 is 0 Å². The second-order valence-electron chi connectivity index (χ2n) is 6.27. The van der Waals surface area contributed by atoms with Crippen LogP contribution in [0.3, 0.4) is 0 Å². The Bertz CT molecular complexity index is 554. The minimum atomic E-state index is -0.216. The predicted molar refractivity (Wildman–Crippen MR) is 88.8 cm³/mol. The number of aryl methyl sites for hydroxylation is 2. The van der Waals surface area contributed by atoms with Gasteiger partial charge in [0.15, 0.2) is 0 Å². The number of benzene rings is 1. The largest absolute Gasteiger partial charge is 0.342 e. The molecule has 1 unspecified atom stereocenters. The minimum Gasteiger partial charge on any atom is -0.342 e. The molecule has 22 heavy (non-hydrogen) atoms. The zero-order valence-corrected chi connectivity index (χ0v) is 13.8. The number of hydrogen-bond donors (Lipinski definition) is 1. The van der Waals surface area contributed by atoms with Crippen LogP contribution in [0.1, 0.15) is 44.2 Å². The Kier molecular flexibility index (Phi) is 5.58. The molecule has 1 atom stereocenters. The van der Waals surface area contributed by atoms with Crippen LogP contribution in [-0.2, 0) is 16.0 Å². The van der Waals surface area contributed by atoms with Gasteiger partial charge in [-0.1, -0.05) is 32.0 Å². The van der Waals surface area contributed by atoms with Crippen molar-refractivity contribution in [2.45, 2.75) is 46.5 Å². The Morgan fingerprint density at radius 1 is 1.36 bits per heavy atom. The van der Waals surface area contributed by atoms with E-state index in [9.17, 15) is 9.59 Å². The lowest BCUT2D eigenvalue weighted by molar-refractivity contribution is -0.136. The van der Waals surface area contributed by atoms with Gasteiger partial charge in [0.2, 0.25) is 11.8 Å². The van der Waals surface area contributed by atoms with E-state index in [-0.39, 0.29) is 18.2 Å². The van der Waals surface area contributed by atoms with E-state index < -0.39 is 0 Å². The number of rotatable bonds is 4. The second-order valence-corrected chi connectivity index (χ2v) is 6.27. The fourth-order valence-corrected chi connectivity index (χ4v) is 3.05. The average molecular weight is 302 g/mol. The van der Waals surface area contributed by atoms with Gasteiger partial charge in [0.25, 0.3) is 0 Å². The molecule has 1 aromatic carbocycles. The second kappa shape index (κ2) is 7.43. The molecule has 4 nitrogen and oxygen atoms in total. The molecule has 1 fully saturated rings. The number of para-hydroxylation sites is 1. The van der Waals surface area contributed by atoms with Crippen molar-refractivity contribution in [1.29, 1.82) is 0 Å². The molecular formula is C18H26N2O2. The molecule has 0 spiro atoms. The molecule has 1 heterocycles. The van der Waals surface area contributed by atoms with Gasteiger partial charge in [-0.15, -0.1) is 0 Å². The van der Waals surface area contributed by atoms with Crippen LogP contribution in [0.4, 0.5) is 5.69 Å². The number of amides is 2. The van der Waals surface area contributed by atoms with Crippen molar-refractivity contribution < 1.29 is 9.59 Å². The first kappa shape index (κ1) is 16.5. The summed E-state index contributed by atoms with van der Waals surface area (Å²) in [5, 5.41) is 2.92. The highest BCUT2D eigenvalue weighted by molar-refractivity contribution is 6.04. The number of nitrogens with one attached hydrogen (secondary N) is 1. The summed E-state index contributed by atoms with van der Waals surface area (Å²) in [5.74, 6) is 0.256. The zero-order valence-electron chi connectivity index (χ0n) is 13.8. The van der Waals surface area contributed by atoms with E-state index in [1.807, 2.05) is 30.0 Å². The molecule has 2 amide bonds. The van der Waals surface area contributed by atoms with Gasteiger partial charge in [-0.05, 0) is 43.2 Å². The number of carbonyl (C=O) groups is 2. The van der Waals surface area contributed by atoms with Crippen molar-refractivity contribution in [3.05, 3.63) is 29.3 Å². The Balaban J connectivity index is 1.97. The SMILES string of the molecule is CCc1cccc(C)c1NC(=O)CC(=O)N1CCCC(C)C1. The van der Waals surface area contributed by atoms with Crippen molar-refractivity contribution in [2.75, 3.05) is 18.4 Å². The van der Waals surface area contributed by atoms with Crippen LogP contribution in [0.25, 0.3) is 0 Å². The van der Waals surface area contributed by atoms with E-state index in [2.05, 4.69) is 19.2 Å². The molecule has 0 radical (unpaired) electrons. The smallest absolute Gasteiger partial charge is 0.233 e. The maximum atomic E-state index is 12.2. The summed E-state index contributed by atoms with van der Waals surface area (Å²) in [5.41, 5.74) is 2.99. The highest BCUT2D eigenvalue weighted by Gasteiger charge is 2.23. The molecule has 0 aromatic heterocycles. The van der Waals surface area contributed by atoms with Crippen LogP contribution in [0, 0.1) is 12.8 Å². The number of anilines is 1. The summed E-state index contributed by atoms with van der Waals surface area (Å²) >= 11 is 0. The third kappa shape index (κ3) is 4.09. The predicted octanol–water partition coefficient (Wildman–Crippen LogP) is 3.14. The first-order valence-electron chi connectivity index (χ1n) is 8.17. The summed E-state index contributed by atoms with van der Waals surface area (Å²) in [4.78, 5) is 26.3. The molecule has 1 aliphatic heterocycles. The molecule has 1 aliphatic rings. The van der Waals surface area contributed by atoms with E-state index in [1.165, 1.54) is 6.42 Å². The summed E-state index contributed by atoms with van der Waals surface area (Å²) in [6.07, 6.45) is 2.99. The van der Waals surface area contributed by atoms with Crippen molar-refractivity contribution in [2.24, 2.45) is 5.92 Å². The fourth-order valence-electron chi connectivity index (χ4n) is 3.05. The quantitative estimate of drug-likeness (QED) is 0.869.